The van der Waals surface area contributed by atoms with Crippen molar-refractivity contribution in [2.75, 3.05) is 5.32 Å². The summed E-state index contributed by atoms with van der Waals surface area (Å²) in [5.74, 6) is -1.79. The van der Waals surface area contributed by atoms with E-state index in [1.165, 1.54) is 23.1 Å². The van der Waals surface area contributed by atoms with Crippen LogP contribution in [0.3, 0.4) is 0 Å². The first-order chi connectivity index (χ1) is 12.4. The van der Waals surface area contributed by atoms with Gasteiger partial charge in [0.15, 0.2) is 5.69 Å². The summed E-state index contributed by atoms with van der Waals surface area (Å²) in [4.78, 5) is 26.0. The van der Waals surface area contributed by atoms with Crippen molar-refractivity contribution in [3.8, 4) is 0 Å². The second-order valence-electron chi connectivity index (χ2n) is 4.91. The second kappa shape index (κ2) is 7.17. The molecule has 0 unspecified atom stereocenters. The van der Waals surface area contributed by atoms with Gasteiger partial charge in [0.2, 0.25) is 5.95 Å². The summed E-state index contributed by atoms with van der Waals surface area (Å²) in [5.41, 5.74) is -0.00666. The van der Waals surface area contributed by atoms with Crippen LogP contribution in [0.2, 0.25) is 5.02 Å². The number of aromatic amines is 1. The van der Waals surface area contributed by atoms with Crippen LogP contribution in [0.1, 0.15) is 16.1 Å². The molecule has 0 aliphatic rings. The molecule has 0 saturated heterocycles. The third kappa shape index (κ3) is 3.55. The summed E-state index contributed by atoms with van der Waals surface area (Å²) in [6.45, 7) is 0.00590. The van der Waals surface area contributed by atoms with Crippen molar-refractivity contribution in [3.05, 3.63) is 61.2 Å². The van der Waals surface area contributed by atoms with Crippen molar-refractivity contribution in [2.45, 2.75) is 6.54 Å². The van der Waals surface area contributed by atoms with E-state index in [-0.39, 0.29) is 33.2 Å². The number of H-pyrrole nitrogens is 1. The van der Waals surface area contributed by atoms with Gasteiger partial charge in [0.05, 0.1) is 6.54 Å². The smallest absolute Gasteiger partial charge is 0.357 e. The van der Waals surface area contributed by atoms with E-state index in [1.807, 2.05) is 0 Å². The minimum Gasteiger partial charge on any atom is -0.358 e. The van der Waals surface area contributed by atoms with Crippen LogP contribution in [0.4, 0.5) is 16.2 Å². The molecule has 2 N–H and O–H groups in total. The van der Waals surface area contributed by atoms with Crippen LogP contribution in [0.5, 0.6) is 0 Å². The van der Waals surface area contributed by atoms with Gasteiger partial charge < -0.3 is 10.1 Å². The summed E-state index contributed by atoms with van der Waals surface area (Å²) in [6.07, 6.45) is 1.28. The number of aromatic nitrogens is 5. The first kappa shape index (κ1) is 17.9. The van der Waals surface area contributed by atoms with Crippen molar-refractivity contribution in [2.24, 2.45) is 0 Å². The van der Waals surface area contributed by atoms with Crippen molar-refractivity contribution in [3.63, 3.8) is 0 Å². The lowest BCUT2D eigenvalue weighted by Gasteiger charge is -2.05. The third-order valence-electron chi connectivity index (χ3n) is 3.23. The number of anilines is 1. The molecule has 3 rings (SSSR count). The lowest BCUT2D eigenvalue weighted by atomic mass is 10.2. The van der Waals surface area contributed by atoms with Gasteiger partial charge in [-0.1, -0.05) is 22.8 Å². The molecule has 13 heteroatoms. The van der Waals surface area contributed by atoms with Gasteiger partial charge in [0.25, 0.3) is 5.91 Å². The van der Waals surface area contributed by atoms with Crippen LogP contribution in [0.15, 0.2) is 29.0 Å². The SMILES string of the molecule is O=C(Nc1ncn(Cc2c(F)cccc2Cl)n1)c1n[nH]c([N+](=O)[O-])c1Br. The Morgan fingerprint density at radius 2 is 2.27 bits per heavy atom. The fraction of sp³-hybridized carbons (Fsp3) is 0.0769. The van der Waals surface area contributed by atoms with Crippen molar-refractivity contribution >= 4 is 45.2 Å². The number of nitrogens with zero attached hydrogens (tertiary/aromatic N) is 5. The molecular weight excluding hydrogens is 437 g/mol. The van der Waals surface area contributed by atoms with Crippen LogP contribution in [-0.2, 0) is 6.54 Å². The Labute approximate surface area is 157 Å². The van der Waals surface area contributed by atoms with Crippen LogP contribution in [0, 0.1) is 15.9 Å². The number of carbonyl (C=O) groups excluding carboxylic acids is 1. The molecule has 134 valence electrons. The zero-order chi connectivity index (χ0) is 18.8. The largest absolute Gasteiger partial charge is 0.358 e. The minimum atomic E-state index is -0.761. The standard InChI is InChI=1S/C13H8BrClFN7O3/c14-9-10(19-20-11(9)23(25)26)12(24)18-13-17-5-22(21-13)4-6-7(15)2-1-3-8(6)16/h1-3,5H,4H2,(H,19,20)(H,18,21,24). The van der Waals surface area contributed by atoms with E-state index in [4.69, 9.17) is 11.6 Å². The van der Waals surface area contributed by atoms with Gasteiger partial charge in [-0.05, 0) is 33.0 Å². The molecule has 1 aromatic carbocycles. The van der Waals surface area contributed by atoms with E-state index in [1.54, 1.807) is 6.07 Å². The fourth-order valence-corrected chi connectivity index (χ4v) is 2.75. The summed E-state index contributed by atoms with van der Waals surface area (Å²) in [7, 11) is 0. The zero-order valence-corrected chi connectivity index (χ0v) is 15.0. The number of hydrogen-bond donors (Lipinski definition) is 2. The van der Waals surface area contributed by atoms with Crippen molar-refractivity contribution < 1.29 is 14.1 Å². The maximum Gasteiger partial charge on any atom is 0.357 e. The molecule has 0 aliphatic carbocycles. The van der Waals surface area contributed by atoms with E-state index in [0.717, 1.165) is 0 Å². The van der Waals surface area contributed by atoms with Gasteiger partial charge in [-0.25, -0.2) is 14.1 Å². The number of carbonyl (C=O) groups is 1. The van der Waals surface area contributed by atoms with Crippen molar-refractivity contribution in [1.82, 2.24) is 25.0 Å². The molecular formula is C13H8BrClFN7O3. The van der Waals surface area contributed by atoms with Gasteiger partial charge in [0.1, 0.15) is 16.6 Å². The Bertz CT molecular complexity index is 985. The number of nitro groups is 1. The van der Waals surface area contributed by atoms with Gasteiger partial charge in [-0.15, -0.1) is 10.2 Å². The number of benzene rings is 1. The molecule has 26 heavy (non-hydrogen) atoms. The quantitative estimate of drug-likeness (QED) is 0.459. The molecule has 10 nitrogen and oxygen atoms in total. The van der Waals surface area contributed by atoms with Crippen LogP contribution in [-0.4, -0.2) is 35.8 Å². The van der Waals surface area contributed by atoms with Gasteiger partial charge >= 0.3 is 5.82 Å². The number of halogens is 3. The number of hydrogen-bond acceptors (Lipinski definition) is 6. The highest BCUT2D eigenvalue weighted by Crippen LogP contribution is 2.26. The first-order valence-corrected chi connectivity index (χ1v) is 8.06. The third-order valence-corrected chi connectivity index (χ3v) is 4.34. The summed E-state index contributed by atoms with van der Waals surface area (Å²) < 4.78 is 15.0. The highest BCUT2D eigenvalue weighted by molar-refractivity contribution is 9.10. The molecule has 2 aromatic heterocycles. The van der Waals surface area contributed by atoms with Crippen LogP contribution < -0.4 is 5.32 Å². The maximum absolute atomic E-state index is 13.8. The van der Waals surface area contributed by atoms with E-state index in [9.17, 15) is 19.3 Å². The highest BCUT2D eigenvalue weighted by atomic mass is 79.9. The summed E-state index contributed by atoms with van der Waals surface area (Å²) >= 11 is 8.89. The Kier molecular flexibility index (Phi) is 4.95. The predicted molar refractivity (Wildman–Crippen MR) is 91.4 cm³/mol. The van der Waals surface area contributed by atoms with Gasteiger partial charge in [-0.2, -0.15) is 0 Å². The lowest BCUT2D eigenvalue weighted by Crippen LogP contribution is -2.14. The average molecular weight is 445 g/mol. The normalized spacial score (nSPS) is 10.7. The van der Waals surface area contributed by atoms with Gasteiger partial charge in [-0.3, -0.25) is 10.1 Å². The fourth-order valence-electron chi connectivity index (χ4n) is 2.02. The molecule has 0 bridgehead atoms. The Morgan fingerprint density at radius 3 is 2.92 bits per heavy atom. The molecule has 0 saturated carbocycles. The number of nitrogens with one attached hydrogen (secondary N) is 2. The lowest BCUT2D eigenvalue weighted by molar-refractivity contribution is -0.390. The van der Waals surface area contributed by atoms with E-state index >= 15 is 0 Å². The molecule has 2 heterocycles. The predicted octanol–water partition coefficient (Wildman–Crippen LogP) is 2.77. The number of rotatable bonds is 5. The number of amides is 1. The van der Waals surface area contributed by atoms with E-state index < -0.39 is 22.5 Å². The first-order valence-electron chi connectivity index (χ1n) is 6.88. The highest BCUT2D eigenvalue weighted by Gasteiger charge is 2.25. The Morgan fingerprint density at radius 1 is 1.50 bits per heavy atom. The Balaban J connectivity index is 1.74. The van der Waals surface area contributed by atoms with Crippen molar-refractivity contribution in [1.29, 1.82) is 0 Å². The molecule has 3 aromatic rings. The summed E-state index contributed by atoms with van der Waals surface area (Å²) in [5, 5.41) is 23.0. The second-order valence-corrected chi connectivity index (χ2v) is 6.11. The van der Waals surface area contributed by atoms with Crippen LogP contribution >= 0.6 is 27.5 Å². The maximum atomic E-state index is 13.8. The molecule has 0 atom stereocenters. The average Bonchev–Trinajstić information content (AvgIpc) is 3.17. The minimum absolute atomic E-state index is 0.00590. The molecule has 1 amide bonds. The molecule has 0 aliphatic heterocycles. The Hall–Kier alpha value is -2.86. The van der Waals surface area contributed by atoms with E-state index in [0.29, 0.717) is 0 Å². The van der Waals surface area contributed by atoms with Crippen LogP contribution in [0.25, 0.3) is 0 Å². The van der Waals surface area contributed by atoms with E-state index in [2.05, 4.69) is 41.5 Å². The molecule has 0 fully saturated rings. The molecule has 0 radical (unpaired) electrons. The van der Waals surface area contributed by atoms with Gasteiger partial charge in [0, 0.05) is 10.6 Å². The topological polar surface area (TPSA) is 132 Å². The summed E-state index contributed by atoms with van der Waals surface area (Å²) in [6, 6.07) is 4.29. The molecule has 0 spiro atoms. The monoisotopic (exact) mass is 443 g/mol. The zero-order valence-electron chi connectivity index (χ0n) is 12.6.